The van der Waals surface area contributed by atoms with Gasteiger partial charge in [-0.2, -0.15) is 0 Å². The van der Waals surface area contributed by atoms with Gasteiger partial charge in [0, 0.05) is 38.5 Å². The number of fused-ring (bicyclic) bond motifs is 1. The summed E-state index contributed by atoms with van der Waals surface area (Å²) in [5.41, 5.74) is 0. The van der Waals surface area contributed by atoms with E-state index in [9.17, 15) is 4.79 Å². The van der Waals surface area contributed by atoms with Crippen LogP contribution < -0.4 is 5.32 Å². The van der Waals surface area contributed by atoms with Gasteiger partial charge in [-0.25, -0.2) is 0 Å². The molecular weight excluding hydrogens is 302 g/mol. The quantitative estimate of drug-likeness (QED) is 0.898. The van der Waals surface area contributed by atoms with E-state index in [0.717, 1.165) is 50.5 Å². The first-order valence-electron chi connectivity index (χ1n) is 9.66. The highest BCUT2D eigenvalue weighted by molar-refractivity contribution is 5.76. The minimum atomic E-state index is 0.166. The fourth-order valence-electron chi connectivity index (χ4n) is 3.72. The molecule has 6 heteroatoms. The van der Waals surface area contributed by atoms with E-state index < -0.39 is 0 Å². The van der Waals surface area contributed by atoms with Crippen LogP contribution in [0.5, 0.6) is 0 Å². The Morgan fingerprint density at radius 1 is 1.04 bits per heavy atom. The van der Waals surface area contributed by atoms with Crippen molar-refractivity contribution in [2.45, 2.75) is 83.8 Å². The summed E-state index contributed by atoms with van der Waals surface area (Å²) in [5, 5.41) is 12.2. The Labute approximate surface area is 145 Å². The van der Waals surface area contributed by atoms with Crippen molar-refractivity contribution in [3.05, 3.63) is 11.6 Å². The van der Waals surface area contributed by atoms with Gasteiger partial charge in [-0.1, -0.05) is 19.3 Å². The normalized spacial score (nSPS) is 20.1. The van der Waals surface area contributed by atoms with E-state index in [4.69, 9.17) is 0 Å². The summed E-state index contributed by atoms with van der Waals surface area (Å²) in [6.07, 6.45) is 10.1. The molecule has 1 atom stereocenters. The van der Waals surface area contributed by atoms with Crippen LogP contribution in [0.1, 0.15) is 69.9 Å². The number of carbonyl (C=O) groups is 1. The molecule has 0 spiro atoms. The van der Waals surface area contributed by atoms with Gasteiger partial charge in [0.25, 0.3) is 0 Å². The number of likely N-dealkylation sites (tertiary alicyclic amines) is 1. The van der Waals surface area contributed by atoms with E-state index in [0.29, 0.717) is 13.0 Å². The van der Waals surface area contributed by atoms with Gasteiger partial charge < -0.3 is 14.8 Å². The third-order valence-electron chi connectivity index (χ3n) is 5.23. The third kappa shape index (κ3) is 4.56. The number of nitrogens with one attached hydrogen (secondary N) is 1. The van der Waals surface area contributed by atoms with Crippen molar-refractivity contribution in [3.63, 3.8) is 0 Å². The lowest BCUT2D eigenvalue weighted by molar-refractivity contribution is -0.131. The van der Waals surface area contributed by atoms with Crippen LogP contribution in [0.3, 0.4) is 0 Å². The summed E-state index contributed by atoms with van der Waals surface area (Å²) >= 11 is 0. The van der Waals surface area contributed by atoms with Gasteiger partial charge in [-0.05, 0) is 32.6 Å². The predicted octanol–water partition coefficient (Wildman–Crippen LogP) is 2.28. The van der Waals surface area contributed by atoms with E-state index in [1.54, 1.807) is 0 Å². The molecule has 1 fully saturated rings. The van der Waals surface area contributed by atoms with Crippen LogP contribution in [-0.4, -0.2) is 44.7 Å². The topological polar surface area (TPSA) is 63.1 Å². The zero-order chi connectivity index (χ0) is 16.8. The molecule has 0 radical (unpaired) electrons. The molecule has 0 aliphatic carbocycles. The van der Waals surface area contributed by atoms with Crippen molar-refractivity contribution in [2.75, 3.05) is 13.1 Å². The van der Waals surface area contributed by atoms with E-state index in [1.165, 1.54) is 32.1 Å². The third-order valence-corrected chi connectivity index (χ3v) is 5.23. The molecule has 0 aromatic carbocycles. The van der Waals surface area contributed by atoms with Crippen molar-refractivity contribution >= 4 is 5.91 Å². The molecule has 1 saturated heterocycles. The molecule has 6 nitrogen and oxygen atoms in total. The summed E-state index contributed by atoms with van der Waals surface area (Å²) in [6.45, 7) is 5.68. The number of rotatable bonds is 5. The maximum Gasteiger partial charge on any atom is 0.224 e. The highest BCUT2D eigenvalue weighted by Gasteiger charge is 2.19. The minimum Gasteiger partial charge on any atom is -0.343 e. The van der Waals surface area contributed by atoms with Crippen molar-refractivity contribution < 1.29 is 4.79 Å². The number of aromatic nitrogens is 3. The highest BCUT2D eigenvalue weighted by Crippen LogP contribution is 2.15. The maximum absolute atomic E-state index is 12.5. The molecule has 3 rings (SSSR count). The average Bonchev–Trinajstić information content (AvgIpc) is 2.81. The largest absolute Gasteiger partial charge is 0.343 e. The lowest BCUT2D eigenvalue weighted by atomic mass is 10.2. The van der Waals surface area contributed by atoms with Crippen molar-refractivity contribution in [1.82, 2.24) is 25.0 Å². The summed E-state index contributed by atoms with van der Waals surface area (Å²) in [5.74, 6) is 2.43. The van der Waals surface area contributed by atoms with Crippen LogP contribution >= 0.6 is 0 Å². The second-order valence-electron chi connectivity index (χ2n) is 7.28. The van der Waals surface area contributed by atoms with E-state index in [2.05, 4.69) is 27.0 Å². The first-order chi connectivity index (χ1) is 11.7. The van der Waals surface area contributed by atoms with Gasteiger partial charge in [0.1, 0.15) is 11.6 Å². The molecule has 2 aliphatic rings. The molecular formula is C18H31N5O. The highest BCUT2D eigenvalue weighted by atomic mass is 16.2. The molecule has 0 unspecified atom stereocenters. The SMILES string of the molecule is C[C@H](CC(=O)N1CCCCCC1)NCc1nnc2n1CCCCC2. The van der Waals surface area contributed by atoms with E-state index in [-0.39, 0.29) is 11.9 Å². The van der Waals surface area contributed by atoms with Gasteiger partial charge in [-0.15, -0.1) is 10.2 Å². The molecule has 0 bridgehead atoms. The Kier molecular flexibility index (Phi) is 6.24. The molecule has 1 N–H and O–H groups in total. The first-order valence-corrected chi connectivity index (χ1v) is 9.66. The predicted molar refractivity (Wildman–Crippen MR) is 93.5 cm³/mol. The Morgan fingerprint density at radius 2 is 1.75 bits per heavy atom. The van der Waals surface area contributed by atoms with Crippen LogP contribution in [0, 0.1) is 0 Å². The number of amides is 1. The smallest absolute Gasteiger partial charge is 0.224 e. The fourth-order valence-corrected chi connectivity index (χ4v) is 3.72. The molecule has 3 heterocycles. The number of nitrogens with zero attached hydrogens (tertiary/aromatic N) is 4. The number of carbonyl (C=O) groups excluding carboxylic acids is 1. The standard InChI is InChI=1S/C18H31N5O/c1-15(13-18(24)22-10-6-2-3-7-11-22)19-14-17-21-20-16-9-5-4-8-12-23(16)17/h15,19H,2-14H2,1H3/t15-/m1/s1. The van der Waals surface area contributed by atoms with Crippen LogP contribution in [-0.2, 0) is 24.3 Å². The zero-order valence-electron chi connectivity index (χ0n) is 15.0. The van der Waals surface area contributed by atoms with E-state index >= 15 is 0 Å². The summed E-state index contributed by atoms with van der Waals surface area (Å²) < 4.78 is 2.27. The monoisotopic (exact) mass is 333 g/mol. The van der Waals surface area contributed by atoms with Crippen LogP contribution in [0.4, 0.5) is 0 Å². The zero-order valence-corrected chi connectivity index (χ0v) is 15.0. The second-order valence-corrected chi connectivity index (χ2v) is 7.28. The molecule has 134 valence electrons. The van der Waals surface area contributed by atoms with E-state index in [1.807, 2.05) is 4.90 Å². The fraction of sp³-hybridized carbons (Fsp3) is 0.833. The van der Waals surface area contributed by atoms with Gasteiger partial charge in [-0.3, -0.25) is 4.79 Å². The number of hydrogen-bond acceptors (Lipinski definition) is 4. The summed E-state index contributed by atoms with van der Waals surface area (Å²) in [4.78, 5) is 14.5. The molecule has 2 aliphatic heterocycles. The molecule has 24 heavy (non-hydrogen) atoms. The maximum atomic E-state index is 12.5. The number of aryl methyl sites for hydroxylation is 1. The van der Waals surface area contributed by atoms with Gasteiger partial charge in [0.2, 0.25) is 5.91 Å². The van der Waals surface area contributed by atoms with Crippen molar-refractivity contribution in [1.29, 1.82) is 0 Å². The molecule has 1 aromatic rings. The summed E-state index contributed by atoms with van der Waals surface area (Å²) in [6, 6.07) is 0.166. The minimum absolute atomic E-state index is 0.166. The summed E-state index contributed by atoms with van der Waals surface area (Å²) in [7, 11) is 0. The van der Waals surface area contributed by atoms with Crippen LogP contribution in [0.2, 0.25) is 0 Å². The van der Waals surface area contributed by atoms with Gasteiger partial charge in [0.15, 0.2) is 0 Å². The average molecular weight is 333 g/mol. The first kappa shape index (κ1) is 17.4. The van der Waals surface area contributed by atoms with Crippen molar-refractivity contribution in [2.24, 2.45) is 0 Å². The lowest BCUT2D eigenvalue weighted by Gasteiger charge is -2.22. The van der Waals surface area contributed by atoms with Crippen LogP contribution in [0.15, 0.2) is 0 Å². The molecule has 1 aromatic heterocycles. The Bertz CT molecular complexity index is 534. The second kappa shape index (κ2) is 8.60. The Morgan fingerprint density at radius 3 is 2.54 bits per heavy atom. The van der Waals surface area contributed by atoms with Crippen LogP contribution in [0.25, 0.3) is 0 Å². The Balaban J connectivity index is 1.48. The number of hydrogen-bond donors (Lipinski definition) is 1. The van der Waals surface area contributed by atoms with Crippen molar-refractivity contribution in [3.8, 4) is 0 Å². The van der Waals surface area contributed by atoms with Gasteiger partial charge in [0.05, 0.1) is 6.54 Å². The lowest BCUT2D eigenvalue weighted by Crippen LogP contribution is -2.37. The molecule has 1 amide bonds. The molecule has 0 saturated carbocycles. The van der Waals surface area contributed by atoms with Gasteiger partial charge >= 0.3 is 0 Å². The Hall–Kier alpha value is -1.43.